The van der Waals surface area contributed by atoms with E-state index in [4.69, 9.17) is 5.11 Å². The van der Waals surface area contributed by atoms with E-state index in [2.05, 4.69) is 5.32 Å². The van der Waals surface area contributed by atoms with Crippen LogP contribution in [-0.2, 0) is 4.79 Å². The minimum Gasteiger partial charge on any atom is -0.481 e. The molecule has 1 unspecified atom stereocenters. The number of rotatable bonds is 6. The molecule has 0 saturated heterocycles. The Bertz CT molecular complexity index is 301. The van der Waals surface area contributed by atoms with Crippen LogP contribution in [0.25, 0.3) is 0 Å². The predicted molar refractivity (Wildman–Crippen MR) is 69.3 cm³/mol. The summed E-state index contributed by atoms with van der Waals surface area (Å²) in [5.74, 6) is -0.737. The van der Waals surface area contributed by atoms with E-state index in [0.29, 0.717) is 5.92 Å². The van der Waals surface area contributed by atoms with E-state index in [-0.39, 0.29) is 18.5 Å². The number of urea groups is 1. The van der Waals surface area contributed by atoms with E-state index >= 15 is 0 Å². The lowest BCUT2D eigenvalue weighted by Crippen LogP contribution is -2.44. The summed E-state index contributed by atoms with van der Waals surface area (Å²) < 4.78 is 0. The molecule has 1 aliphatic rings. The summed E-state index contributed by atoms with van der Waals surface area (Å²) in [6.07, 6.45) is 3.65. The molecule has 1 atom stereocenters. The molecule has 0 bridgehead atoms. The van der Waals surface area contributed by atoms with Gasteiger partial charge >= 0.3 is 12.0 Å². The zero-order valence-corrected chi connectivity index (χ0v) is 11.5. The minimum absolute atomic E-state index is 0.0136. The molecule has 2 amide bonds. The smallest absolute Gasteiger partial charge is 0.317 e. The third-order valence-corrected chi connectivity index (χ3v) is 3.70. The average Bonchev–Trinajstić information content (AvgIpc) is 2.22. The first-order valence-electron chi connectivity index (χ1n) is 6.63. The van der Waals surface area contributed by atoms with Gasteiger partial charge in [-0.3, -0.25) is 4.79 Å². The number of carboxylic acids is 1. The molecular weight excluding hydrogens is 232 g/mol. The quantitative estimate of drug-likeness (QED) is 0.761. The maximum absolute atomic E-state index is 11.8. The molecular formula is C13H24N2O3. The number of hydrogen-bond acceptors (Lipinski definition) is 2. The standard InChI is InChI=1S/C13H24N2O3/c1-9(2)11(12(16)17)7-14-13(18)15(3)8-10-5-4-6-10/h9-11H,4-8H2,1-3H3,(H,14,18)(H,16,17). The summed E-state index contributed by atoms with van der Waals surface area (Å²) in [4.78, 5) is 24.4. The Morgan fingerprint density at radius 1 is 1.39 bits per heavy atom. The van der Waals surface area contributed by atoms with Gasteiger partial charge in [0, 0.05) is 20.1 Å². The molecule has 5 heteroatoms. The second kappa shape index (κ2) is 6.61. The van der Waals surface area contributed by atoms with E-state index in [1.165, 1.54) is 19.3 Å². The van der Waals surface area contributed by atoms with Crippen molar-refractivity contribution in [3.63, 3.8) is 0 Å². The fourth-order valence-corrected chi connectivity index (χ4v) is 2.09. The highest BCUT2D eigenvalue weighted by Crippen LogP contribution is 2.26. The Balaban J connectivity index is 2.31. The summed E-state index contributed by atoms with van der Waals surface area (Å²) in [5, 5.41) is 11.7. The normalized spacial score (nSPS) is 17.1. The summed E-state index contributed by atoms with van der Waals surface area (Å²) in [6, 6.07) is -0.172. The Hall–Kier alpha value is -1.26. The van der Waals surface area contributed by atoms with Gasteiger partial charge in [0.2, 0.25) is 0 Å². The highest BCUT2D eigenvalue weighted by molar-refractivity contribution is 5.75. The van der Waals surface area contributed by atoms with Crippen molar-refractivity contribution >= 4 is 12.0 Å². The zero-order valence-electron chi connectivity index (χ0n) is 11.5. The van der Waals surface area contributed by atoms with Crippen molar-refractivity contribution in [1.82, 2.24) is 10.2 Å². The van der Waals surface area contributed by atoms with Crippen molar-refractivity contribution in [3.05, 3.63) is 0 Å². The average molecular weight is 256 g/mol. The highest BCUT2D eigenvalue weighted by atomic mass is 16.4. The zero-order chi connectivity index (χ0) is 13.7. The van der Waals surface area contributed by atoms with Crippen molar-refractivity contribution in [3.8, 4) is 0 Å². The van der Waals surface area contributed by atoms with Crippen LogP contribution in [0.15, 0.2) is 0 Å². The molecule has 0 aromatic carbocycles. The molecule has 5 nitrogen and oxygen atoms in total. The lowest BCUT2D eigenvalue weighted by Gasteiger charge is -2.30. The number of carbonyl (C=O) groups excluding carboxylic acids is 1. The Kier molecular flexibility index (Phi) is 5.44. The predicted octanol–water partition coefficient (Wildman–Crippen LogP) is 1.78. The van der Waals surface area contributed by atoms with Crippen molar-refractivity contribution in [2.24, 2.45) is 17.8 Å². The van der Waals surface area contributed by atoms with Gasteiger partial charge in [-0.25, -0.2) is 4.79 Å². The molecule has 104 valence electrons. The molecule has 1 aliphatic carbocycles. The van der Waals surface area contributed by atoms with Gasteiger partial charge in [-0.2, -0.15) is 0 Å². The highest BCUT2D eigenvalue weighted by Gasteiger charge is 2.24. The van der Waals surface area contributed by atoms with Gasteiger partial charge in [-0.1, -0.05) is 20.3 Å². The van der Waals surface area contributed by atoms with Gasteiger partial charge in [0.05, 0.1) is 5.92 Å². The van der Waals surface area contributed by atoms with E-state index in [1.54, 1.807) is 11.9 Å². The van der Waals surface area contributed by atoms with E-state index in [0.717, 1.165) is 6.54 Å². The molecule has 2 N–H and O–H groups in total. The largest absolute Gasteiger partial charge is 0.481 e. The second-order valence-corrected chi connectivity index (χ2v) is 5.55. The summed E-state index contributed by atoms with van der Waals surface area (Å²) in [5.41, 5.74) is 0. The molecule has 0 aromatic rings. The molecule has 18 heavy (non-hydrogen) atoms. The first-order valence-corrected chi connectivity index (χ1v) is 6.63. The summed E-state index contributed by atoms with van der Waals surface area (Å²) in [6.45, 7) is 4.66. The van der Waals surface area contributed by atoms with E-state index in [1.807, 2.05) is 13.8 Å². The van der Waals surface area contributed by atoms with Gasteiger partial charge in [-0.15, -0.1) is 0 Å². The Labute approximate surface area is 109 Å². The van der Waals surface area contributed by atoms with Crippen LogP contribution in [0.3, 0.4) is 0 Å². The number of aliphatic carboxylic acids is 1. The van der Waals surface area contributed by atoms with Crippen LogP contribution in [0.5, 0.6) is 0 Å². The molecule has 0 heterocycles. The van der Waals surface area contributed by atoms with Crippen molar-refractivity contribution in [2.45, 2.75) is 33.1 Å². The lowest BCUT2D eigenvalue weighted by atomic mass is 9.85. The molecule has 1 rings (SSSR count). The lowest BCUT2D eigenvalue weighted by molar-refractivity contribution is -0.142. The number of hydrogen-bond donors (Lipinski definition) is 2. The van der Waals surface area contributed by atoms with Crippen LogP contribution in [-0.4, -0.2) is 42.1 Å². The number of nitrogens with zero attached hydrogens (tertiary/aromatic N) is 1. The van der Waals surface area contributed by atoms with Crippen molar-refractivity contribution < 1.29 is 14.7 Å². The molecule has 0 spiro atoms. The van der Waals surface area contributed by atoms with E-state index < -0.39 is 11.9 Å². The monoisotopic (exact) mass is 256 g/mol. The van der Waals surface area contributed by atoms with Crippen LogP contribution >= 0.6 is 0 Å². The van der Waals surface area contributed by atoms with Crippen molar-refractivity contribution in [1.29, 1.82) is 0 Å². The van der Waals surface area contributed by atoms with Crippen molar-refractivity contribution in [2.75, 3.05) is 20.1 Å². The second-order valence-electron chi connectivity index (χ2n) is 5.55. The molecule has 0 radical (unpaired) electrons. The minimum atomic E-state index is -0.855. The maximum Gasteiger partial charge on any atom is 0.317 e. The summed E-state index contributed by atoms with van der Waals surface area (Å²) in [7, 11) is 1.76. The van der Waals surface area contributed by atoms with Gasteiger partial charge < -0.3 is 15.3 Å². The first kappa shape index (κ1) is 14.8. The van der Waals surface area contributed by atoms with Crippen LogP contribution < -0.4 is 5.32 Å². The number of nitrogens with one attached hydrogen (secondary N) is 1. The third kappa shape index (κ3) is 4.20. The molecule has 1 saturated carbocycles. The van der Waals surface area contributed by atoms with Crippen LogP contribution in [0, 0.1) is 17.8 Å². The number of amides is 2. The topological polar surface area (TPSA) is 69.6 Å². The fourth-order valence-electron chi connectivity index (χ4n) is 2.09. The SMILES string of the molecule is CC(C)C(CNC(=O)N(C)CC1CCC1)C(=O)O. The van der Waals surface area contributed by atoms with Gasteiger partial charge in [0.25, 0.3) is 0 Å². The maximum atomic E-state index is 11.8. The van der Waals surface area contributed by atoms with Gasteiger partial charge in [0.1, 0.15) is 0 Å². The Morgan fingerprint density at radius 2 is 2.00 bits per heavy atom. The molecule has 0 aliphatic heterocycles. The Morgan fingerprint density at radius 3 is 2.39 bits per heavy atom. The molecule has 0 aromatic heterocycles. The van der Waals surface area contributed by atoms with Gasteiger partial charge in [-0.05, 0) is 24.7 Å². The number of carbonyl (C=O) groups is 2. The molecule has 1 fully saturated rings. The van der Waals surface area contributed by atoms with Crippen LogP contribution in [0.2, 0.25) is 0 Å². The van der Waals surface area contributed by atoms with Gasteiger partial charge in [0.15, 0.2) is 0 Å². The fraction of sp³-hybridized carbons (Fsp3) is 0.846. The van der Waals surface area contributed by atoms with Crippen LogP contribution in [0.1, 0.15) is 33.1 Å². The third-order valence-electron chi connectivity index (χ3n) is 3.70. The summed E-state index contributed by atoms with van der Waals surface area (Å²) >= 11 is 0. The first-order chi connectivity index (χ1) is 8.41. The van der Waals surface area contributed by atoms with E-state index in [9.17, 15) is 9.59 Å². The van der Waals surface area contributed by atoms with Crippen LogP contribution in [0.4, 0.5) is 4.79 Å². The number of carboxylic acid groups (broad SMARTS) is 1.